The summed E-state index contributed by atoms with van der Waals surface area (Å²) < 4.78 is 33.3. The molecule has 6 nitrogen and oxygen atoms in total. The van der Waals surface area contributed by atoms with Crippen molar-refractivity contribution < 1.29 is 17.9 Å². The van der Waals surface area contributed by atoms with Gasteiger partial charge in [-0.05, 0) is 44.9 Å². The zero-order valence-electron chi connectivity index (χ0n) is 15.8. The number of sulfonamides is 1. The van der Waals surface area contributed by atoms with Crippen LogP contribution < -0.4 is 4.74 Å². The third-order valence-corrected chi connectivity index (χ3v) is 7.35. The Morgan fingerprint density at radius 3 is 2.46 bits per heavy atom. The van der Waals surface area contributed by atoms with Gasteiger partial charge in [-0.3, -0.25) is 4.79 Å². The molecule has 0 aliphatic carbocycles. The molecule has 1 saturated heterocycles. The van der Waals surface area contributed by atoms with Crippen LogP contribution in [0.5, 0.6) is 5.75 Å². The highest BCUT2D eigenvalue weighted by molar-refractivity contribution is 7.89. The van der Waals surface area contributed by atoms with Crippen molar-refractivity contribution in [2.45, 2.75) is 57.0 Å². The van der Waals surface area contributed by atoms with Gasteiger partial charge in [0, 0.05) is 37.7 Å². The van der Waals surface area contributed by atoms with E-state index in [-0.39, 0.29) is 11.8 Å². The first-order chi connectivity index (χ1) is 12.4. The van der Waals surface area contributed by atoms with Gasteiger partial charge in [0.15, 0.2) is 6.10 Å². The summed E-state index contributed by atoms with van der Waals surface area (Å²) in [4.78, 5) is 14.7. The fraction of sp³-hybridized carbons (Fsp3) is 0.632. The lowest BCUT2D eigenvalue weighted by Gasteiger charge is -2.26. The van der Waals surface area contributed by atoms with Crippen LogP contribution >= 0.6 is 0 Å². The van der Waals surface area contributed by atoms with E-state index in [9.17, 15) is 13.2 Å². The van der Waals surface area contributed by atoms with Gasteiger partial charge in [-0.15, -0.1) is 0 Å². The molecule has 7 heteroatoms. The van der Waals surface area contributed by atoms with Gasteiger partial charge in [0.2, 0.25) is 10.0 Å². The van der Waals surface area contributed by atoms with Crippen LogP contribution in [-0.4, -0.2) is 55.8 Å². The molecule has 2 aliphatic heterocycles. The minimum absolute atomic E-state index is 0.0425. The summed E-state index contributed by atoms with van der Waals surface area (Å²) in [7, 11) is -3.49. The highest BCUT2D eigenvalue weighted by Gasteiger charge is 2.39. The molecule has 2 heterocycles. The minimum atomic E-state index is -3.49. The Morgan fingerprint density at radius 1 is 1.19 bits per heavy atom. The molecule has 2 atom stereocenters. The molecule has 1 aromatic rings. The van der Waals surface area contributed by atoms with Crippen molar-refractivity contribution in [3.05, 3.63) is 23.8 Å². The third-order valence-electron chi connectivity index (χ3n) is 5.45. The maximum atomic E-state index is 12.9. The number of carbonyl (C=O) groups is 1. The van der Waals surface area contributed by atoms with Gasteiger partial charge < -0.3 is 9.64 Å². The van der Waals surface area contributed by atoms with Gasteiger partial charge in [-0.25, -0.2) is 8.42 Å². The summed E-state index contributed by atoms with van der Waals surface area (Å²) in [5.74, 6) is 0.398. The van der Waals surface area contributed by atoms with E-state index in [0.717, 1.165) is 24.8 Å². The molecule has 2 aliphatic rings. The van der Waals surface area contributed by atoms with E-state index in [2.05, 4.69) is 0 Å². The number of ether oxygens (including phenoxy) is 1. The molecule has 3 rings (SSSR count). The van der Waals surface area contributed by atoms with Crippen LogP contribution in [0.2, 0.25) is 0 Å². The van der Waals surface area contributed by atoms with Gasteiger partial charge >= 0.3 is 0 Å². The smallest absolute Gasteiger partial charge is 0.264 e. The molecule has 144 valence electrons. The average molecular weight is 381 g/mol. The lowest BCUT2D eigenvalue weighted by Crippen LogP contribution is -2.42. The maximum absolute atomic E-state index is 12.9. The van der Waals surface area contributed by atoms with Crippen molar-refractivity contribution in [2.24, 2.45) is 0 Å². The number of benzene rings is 1. The molecule has 2 unspecified atom stereocenters. The van der Waals surface area contributed by atoms with Crippen molar-refractivity contribution in [1.29, 1.82) is 0 Å². The molecule has 0 saturated carbocycles. The zero-order chi connectivity index (χ0) is 18.9. The van der Waals surface area contributed by atoms with E-state index in [0.29, 0.717) is 36.8 Å². The molecule has 0 N–H and O–H groups in total. The summed E-state index contributed by atoms with van der Waals surface area (Å²) in [5.41, 5.74) is 0.800. The third kappa shape index (κ3) is 3.34. The summed E-state index contributed by atoms with van der Waals surface area (Å²) in [6, 6.07) is 4.98. The van der Waals surface area contributed by atoms with Crippen molar-refractivity contribution in [2.75, 3.05) is 26.2 Å². The van der Waals surface area contributed by atoms with Gasteiger partial charge in [0.25, 0.3) is 5.91 Å². The molecule has 0 radical (unpaired) electrons. The maximum Gasteiger partial charge on any atom is 0.264 e. The number of piperidine rings is 1. The summed E-state index contributed by atoms with van der Waals surface area (Å²) in [5, 5.41) is 0. The summed E-state index contributed by atoms with van der Waals surface area (Å²) in [6.45, 7) is 8.23. The van der Waals surface area contributed by atoms with Crippen LogP contribution in [0.25, 0.3) is 0 Å². The van der Waals surface area contributed by atoms with Crippen molar-refractivity contribution in [3.63, 3.8) is 0 Å². The Bertz CT molecular complexity index is 768. The van der Waals surface area contributed by atoms with Gasteiger partial charge in [-0.1, -0.05) is 13.3 Å². The Hall–Kier alpha value is -1.60. The number of amides is 1. The molecule has 0 spiro atoms. The Balaban J connectivity index is 1.86. The van der Waals surface area contributed by atoms with E-state index < -0.39 is 16.1 Å². The lowest BCUT2D eigenvalue weighted by atomic mass is 9.97. The van der Waals surface area contributed by atoms with Crippen LogP contribution in [0.3, 0.4) is 0 Å². The highest BCUT2D eigenvalue weighted by Crippen LogP contribution is 2.40. The largest absolute Gasteiger partial charge is 0.480 e. The second kappa shape index (κ2) is 7.56. The number of carbonyl (C=O) groups excluding carboxylic acids is 1. The van der Waals surface area contributed by atoms with Crippen molar-refractivity contribution in [3.8, 4) is 5.75 Å². The Morgan fingerprint density at radius 2 is 1.85 bits per heavy atom. The number of rotatable bonds is 5. The molecule has 0 aromatic heterocycles. The molecular formula is C19H28N2O4S. The molecule has 1 amide bonds. The topological polar surface area (TPSA) is 66.9 Å². The number of hydrogen-bond acceptors (Lipinski definition) is 4. The van der Waals surface area contributed by atoms with E-state index >= 15 is 0 Å². The van der Waals surface area contributed by atoms with E-state index in [4.69, 9.17) is 4.74 Å². The fourth-order valence-electron chi connectivity index (χ4n) is 3.79. The highest BCUT2D eigenvalue weighted by atomic mass is 32.2. The molecule has 1 fully saturated rings. The van der Waals surface area contributed by atoms with Crippen molar-refractivity contribution >= 4 is 15.9 Å². The standard InChI is InChI=1S/C19H28N2O4S/c1-4-20(5-2)19(22)18-14(3)16-13-15(9-10-17(16)25-18)26(23,24)21-11-7-6-8-12-21/h9-10,13-14,18H,4-8,11-12H2,1-3H3. The van der Waals surface area contributed by atoms with Crippen molar-refractivity contribution in [1.82, 2.24) is 9.21 Å². The summed E-state index contributed by atoms with van der Waals surface area (Å²) >= 11 is 0. The Labute approximate surface area is 156 Å². The second-order valence-corrected chi connectivity index (χ2v) is 8.94. The summed E-state index contributed by atoms with van der Waals surface area (Å²) in [6.07, 6.45) is 2.31. The normalized spacial score (nSPS) is 23.3. The lowest BCUT2D eigenvalue weighted by molar-refractivity contribution is -0.138. The van der Waals surface area contributed by atoms with E-state index in [1.807, 2.05) is 20.8 Å². The quantitative estimate of drug-likeness (QED) is 0.787. The minimum Gasteiger partial charge on any atom is -0.480 e. The molecule has 1 aromatic carbocycles. The van der Waals surface area contributed by atoms with Crippen LogP contribution in [-0.2, 0) is 14.8 Å². The van der Waals surface area contributed by atoms with Crippen LogP contribution in [0, 0.1) is 0 Å². The number of nitrogens with zero attached hydrogens (tertiary/aromatic N) is 2. The van der Waals surface area contributed by atoms with Gasteiger partial charge in [0.1, 0.15) is 5.75 Å². The van der Waals surface area contributed by atoms with Crippen LogP contribution in [0.15, 0.2) is 23.1 Å². The van der Waals surface area contributed by atoms with Crippen LogP contribution in [0.1, 0.15) is 51.5 Å². The first-order valence-corrected chi connectivity index (χ1v) is 10.9. The Kier molecular flexibility index (Phi) is 5.58. The molecule has 0 bridgehead atoms. The van der Waals surface area contributed by atoms with E-state index in [1.54, 1.807) is 27.4 Å². The zero-order valence-corrected chi connectivity index (χ0v) is 16.6. The van der Waals surface area contributed by atoms with Gasteiger partial charge in [-0.2, -0.15) is 4.31 Å². The number of fused-ring (bicyclic) bond motifs is 1. The second-order valence-electron chi connectivity index (χ2n) is 7.00. The first-order valence-electron chi connectivity index (χ1n) is 9.49. The number of hydrogen-bond donors (Lipinski definition) is 0. The molecule has 26 heavy (non-hydrogen) atoms. The first kappa shape index (κ1) is 19.2. The fourth-order valence-corrected chi connectivity index (χ4v) is 5.34. The molecular weight excluding hydrogens is 352 g/mol. The van der Waals surface area contributed by atoms with Crippen LogP contribution in [0.4, 0.5) is 0 Å². The predicted octanol–water partition coefficient (Wildman–Crippen LogP) is 2.59. The van der Waals surface area contributed by atoms with E-state index in [1.165, 1.54) is 0 Å². The average Bonchev–Trinajstić information content (AvgIpc) is 2.99. The van der Waals surface area contributed by atoms with Gasteiger partial charge in [0.05, 0.1) is 4.90 Å². The predicted molar refractivity (Wildman–Crippen MR) is 99.8 cm³/mol. The number of likely N-dealkylation sites (N-methyl/N-ethyl adjacent to an activating group) is 1. The monoisotopic (exact) mass is 380 g/mol. The SMILES string of the molecule is CCN(CC)C(=O)C1Oc2ccc(S(=O)(=O)N3CCCCC3)cc2C1C.